The molecule has 116 valence electrons. The normalized spacial score (nSPS) is 33.8. The number of nitrogens with zero attached hydrogens (tertiary/aromatic N) is 1. The second-order valence-corrected chi connectivity index (χ2v) is 7.60. The standard InChI is InChI=1S/C19H28ClN/c1-2-14-3-5-15(6-4-14)16-7-9-17(10-8-16)18-11-12-19(20)21-13-18/h11-17H,2-10H2,1H3/t14-,15-,16-,17-. The van der Waals surface area contributed by atoms with Gasteiger partial charge in [-0.15, -0.1) is 0 Å². The van der Waals surface area contributed by atoms with Gasteiger partial charge in [0.1, 0.15) is 5.15 Å². The number of rotatable bonds is 3. The lowest BCUT2D eigenvalue weighted by Gasteiger charge is -2.37. The SMILES string of the molecule is CC[C@H]1CC[C@H]([C@H]2CC[C@H](c3ccc(Cl)nc3)CC2)CC1. The van der Waals surface area contributed by atoms with Gasteiger partial charge in [0.25, 0.3) is 0 Å². The number of aromatic nitrogens is 1. The fourth-order valence-electron chi connectivity index (χ4n) is 4.62. The fourth-order valence-corrected chi connectivity index (χ4v) is 4.73. The zero-order chi connectivity index (χ0) is 14.7. The van der Waals surface area contributed by atoms with Crippen LogP contribution in [0.1, 0.15) is 76.2 Å². The Balaban J connectivity index is 1.50. The van der Waals surface area contributed by atoms with Gasteiger partial charge in [-0.05, 0) is 73.8 Å². The molecule has 0 bridgehead atoms. The molecule has 1 aromatic heterocycles. The molecule has 1 heterocycles. The average molecular weight is 306 g/mol. The summed E-state index contributed by atoms with van der Waals surface area (Å²) in [7, 11) is 0. The fraction of sp³-hybridized carbons (Fsp3) is 0.737. The van der Waals surface area contributed by atoms with E-state index in [4.69, 9.17) is 11.6 Å². The molecule has 3 rings (SSSR count). The first kappa shape index (κ1) is 15.3. The molecule has 0 saturated heterocycles. The molecule has 2 saturated carbocycles. The predicted molar refractivity (Wildman–Crippen MR) is 89.7 cm³/mol. The summed E-state index contributed by atoms with van der Waals surface area (Å²) in [6.07, 6.45) is 14.9. The van der Waals surface area contributed by atoms with Crippen LogP contribution in [-0.2, 0) is 0 Å². The van der Waals surface area contributed by atoms with Gasteiger partial charge in [-0.3, -0.25) is 0 Å². The van der Waals surface area contributed by atoms with Crippen molar-refractivity contribution in [2.24, 2.45) is 17.8 Å². The zero-order valence-corrected chi connectivity index (χ0v) is 14.0. The molecule has 2 aliphatic rings. The quantitative estimate of drug-likeness (QED) is 0.604. The van der Waals surface area contributed by atoms with E-state index in [0.717, 1.165) is 23.7 Å². The lowest BCUT2D eigenvalue weighted by molar-refractivity contribution is 0.158. The highest BCUT2D eigenvalue weighted by atomic mass is 35.5. The molecule has 0 aliphatic heterocycles. The van der Waals surface area contributed by atoms with Gasteiger partial charge >= 0.3 is 0 Å². The summed E-state index contributed by atoms with van der Waals surface area (Å²) in [4.78, 5) is 4.25. The van der Waals surface area contributed by atoms with Gasteiger partial charge in [0.05, 0.1) is 0 Å². The lowest BCUT2D eigenvalue weighted by Crippen LogP contribution is -2.25. The molecule has 1 nitrogen and oxygen atoms in total. The maximum atomic E-state index is 5.89. The van der Waals surface area contributed by atoms with Crippen molar-refractivity contribution >= 4 is 11.6 Å². The van der Waals surface area contributed by atoms with Gasteiger partial charge in [0.2, 0.25) is 0 Å². The van der Waals surface area contributed by atoms with Crippen molar-refractivity contribution < 1.29 is 0 Å². The second-order valence-electron chi connectivity index (χ2n) is 7.22. The van der Waals surface area contributed by atoms with Crippen LogP contribution in [0.15, 0.2) is 18.3 Å². The van der Waals surface area contributed by atoms with E-state index in [1.54, 1.807) is 0 Å². The maximum Gasteiger partial charge on any atom is 0.129 e. The van der Waals surface area contributed by atoms with Crippen LogP contribution < -0.4 is 0 Å². The summed E-state index contributed by atoms with van der Waals surface area (Å²) in [6.45, 7) is 2.36. The number of pyridine rings is 1. The van der Waals surface area contributed by atoms with Gasteiger partial charge in [0.15, 0.2) is 0 Å². The Bertz CT molecular complexity index is 425. The van der Waals surface area contributed by atoms with E-state index < -0.39 is 0 Å². The van der Waals surface area contributed by atoms with Crippen LogP contribution in [0, 0.1) is 17.8 Å². The minimum absolute atomic E-state index is 0.611. The molecule has 0 spiro atoms. The van der Waals surface area contributed by atoms with Crippen molar-refractivity contribution in [3.8, 4) is 0 Å². The number of hydrogen-bond acceptors (Lipinski definition) is 1. The van der Waals surface area contributed by atoms with E-state index in [2.05, 4.69) is 18.0 Å². The Morgan fingerprint density at radius 3 is 2.10 bits per heavy atom. The van der Waals surface area contributed by atoms with E-state index in [1.807, 2.05) is 12.3 Å². The van der Waals surface area contributed by atoms with E-state index in [9.17, 15) is 0 Å². The van der Waals surface area contributed by atoms with Gasteiger partial charge in [-0.25, -0.2) is 4.98 Å². The molecule has 1 aromatic rings. The van der Waals surface area contributed by atoms with Crippen molar-refractivity contribution in [2.75, 3.05) is 0 Å². The highest BCUT2D eigenvalue weighted by molar-refractivity contribution is 6.29. The highest BCUT2D eigenvalue weighted by Gasteiger charge is 2.30. The second kappa shape index (κ2) is 7.13. The Hall–Kier alpha value is -0.560. The first-order valence-electron chi connectivity index (χ1n) is 8.87. The van der Waals surface area contributed by atoms with E-state index in [0.29, 0.717) is 5.15 Å². The van der Waals surface area contributed by atoms with Gasteiger partial charge < -0.3 is 0 Å². The monoisotopic (exact) mass is 305 g/mol. The zero-order valence-electron chi connectivity index (χ0n) is 13.2. The third-order valence-electron chi connectivity index (χ3n) is 6.13. The third-order valence-corrected chi connectivity index (χ3v) is 6.35. The molecular formula is C19H28ClN. The Kier molecular flexibility index (Phi) is 5.21. The van der Waals surface area contributed by atoms with Crippen molar-refractivity contribution in [1.29, 1.82) is 0 Å². The smallest absolute Gasteiger partial charge is 0.129 e. The van der Waals surface area contributed by atoms with Crippen molar-refractivity contribution in [3.05, 3.63) is 29.0 Å². The number of hydrogen-bond donors (Lipinski definition) is 0. The Morgan fingerprint density at radius 1 is 0.952 bits per heavy atom. The van der Waals surface area contributed by atoms with Crippen LogP contribution in [0.2, 0.25) is 5.15 Å². The summed E-state index contributed by atoms with van der Waals surface area (Å²) >= 11 is 5.89. The van der Waals surface area contributed by atoms with Crippen LogP contribution in [-0.4, -0.2) is 4.98 Å². The third kappa shape index (κ3) is 3.80. The molecule has 2 aliphatic carbocycles. The molecule has 21 heavy (non-hydrogen) atoms. The Morgan fingerprint density at radius 2 is 1.57 bits per heavy atom. The summed E-state index contributed by atoms with van der Waals surface area (Å²) in [5.74, 6) is 3.77. The summed E-state index contributed by atoms with van der Waals surface area (Å²) in [5.41, 5.74) is 1.40. The van der Waals surface area contributed by atoms with Crippen LogP contribution in [0.3, 0.4) is 0 Å². The van der Waals surface area contributed by atoms with Crippen molar-refractivity contribution in [2.45, 2.75) is 70.6 Å². The first-order valence-corrected chi connectivity index (χ1v) is 9.25. The van der Waals surface area contributed by atoms with Crippen molar-refractivity contribution in [3.63, 3.8) is 0 Å². The van der Waals surface area contributed by atoms with E-state index in [1.165, 1.54) is 63.4 Å². The van der Waals surface area contributed by atoms with Crippen LogP contribution in [0.5, 0.6) is 0 Å². The van der Waals surface area contributed by atoms with Gasteiger partial charge in [-0.1, -0.05) is 43.9 Å². The molecular weight excluding hydrogens is 278 g/mol. The molecule has 0 atom stereocenters. The predicted octanol–water partition coefficient (Wildman–Crippen LogP) is 6.23. The molecule has 0 amide bonds. The minimum atomic E-state index is 0.611. The van der Waals surface area contributed by atoms with E-state index >= 15 is 0 Å². The molecule has 2 heteroatoms. The van der Waals surface area contributed by atoms with Crippen LogP contribution in [0.4, 0.5) is 0 Å². The molecule has 2 fully saturated rings. The highest BCUT2D eigenvalue weighted by Crippen LogP contribution is 2.44. The van der Waals surface area contributed by atoms with Crippen molar-refractivity contribution in [1.82, 2.24) is 4.98 Å². The number of halogens is 1. The summed E-state index contributed by atoms with van der Waals surface area (Å²) in [6, 6.07) is 4.11. The molecule has 0 aromatic carbocycles. The largest absolute Gasteiger partial charge is 0.244 e. The topological polar surface area (TPSA) is 12.9 Å². The summed E-state index contributed by atoms with van der Waals surface area (Å²) < 4.78 is 0. The summed E-state index contributed by atoms with van der Waals surface area (Å²) in [5, 5.41) is 0.611. The van der Waals surface area contributed by atoms with Crippen LogP contribution >= 0.6 is 11.6 Å². The molecule has 0 radical (unpaired) electrons. The van der Waals surface area contributed by atoms with Gasteiger partial charge in [0, 0.05) is 6.20 Å². The van der Waals surface area contributed by atoms with E-state index in [-0.39, 0.29) is 0 Å². The minimum Gasteiger partial charge on any atom is -0.244 e. The molecule has 0 unspecified atom stereocenters. The average Bonchev–Trinajstić information content (AvgIpc) is 2.56. The lowest BCUT2D eigenvalue weighted by atomic mass is 9.68. The Labute approximate surface area is 134 Å². The first-order chi connectivity index (χ1) is 10.3. The van der Waals surface area contributed by atoms with Gasteiger partial charge in [-0.2, -0.15) is 0 Å². The maximum absolute atomic E-state index is 5.89. The van der Waals surface area contributed by atoms with Crippen LogP contribution in [0.25, 0.3) is 0 Å². The molecule has 0 N–H and O–H groups in total.